The lowest BCUT2D eigenvalue weighted by Crippen LogP contribution is -2.21. The maximum Gasteiger partial charge on any atom is 0.107 e. The number of nitrogens with one attached hydrogen (secondary N) is 1. The smallest absolute Gasteiger partial charge is 0.107 e. The Morgan fingerprint density at radius 1 is 1.31 bits per heavy atom. The summed E-state index contributed by atoms with van der Waals surface area (Å²) in [5.74, 6) is 0. The van der Waals surface area contributed by atoms with Crippen molar-refractivity contribution >= 4 is 11.3 Å². The van der Waals surface area contributed by atoms with Crippen LogP contribution in [0.15, 0.2) is 5.38 Å². The quantitative estimate of drug-likeness (QED) is 0.700. The number of aromatic nitrogens is 1. The maximum absolute atomic E-state index is 4.64. The lowest BCUT2D eigenvalue weighted by atomic mass is 10.1. The van der Waals surface area contributed by atoms with Crippen molar-refractivity contribution in [3.8, 4) is 0 Å². The van der Waals surface area contributed by atoms with Crippen LogP contribution < -0.4 is 5.32 Å². The van der Waals surface area contributed by atoms with E-state index < -0.39 is 0 Å². The van der Waals surface area contributed by atoms with Crippen LogP contribution in [0.3, 0.4) is 0 Å². The predicted octanol–water partition coefficient (Wildman–Crippen LogP) is 3.76. The van der Waals surface area contributed by atoms with Gasteiger partial charge < -0.3 is 5.32 Å². The molecule has 0 aliphatic heterocycles. The van der Waals surface area contributed by atoms with E-state index in [1.54, 1.807) is 11.3 Å². The maximum atomic E-state index is 4.64. The number of thiazole rings is 1. The summed E-state index contributed by atoms with van der Waals surface area (Å²) >= 11 is 1.78. The summed E-state index contributed by atoms with van der Waals surface area (Å²) in [4.78, 5) is 4.64. The zero-order chi connectivity index (χ0) is 11.8. The molecule has 1 N–H and O–H groups in total. The molecule has 92 valence electrons. The molecule has 0 radical (unpaired) electrons. The molecule has 1 aromatic heterocycles. The summed E-state index contributed by atoms with van der Waals surface area (Å²) in [6, 6.07) is 0.539. The number of hydrogen-bond donors (Lipinski definition) is 1. The van der Waals surface area contributed by atoms with Crippen LogP contribution >= 0.6 is 11.3 Å². The molecule has 1 rings (SSSR count). The third-order valence-electron chi connectivity index (χ3n) is 2.55. The van der Waals surface area contributed by atoms with E-state index >= 15 is 0 Å². The van der Waals surface area contributed by atoms with Crippen LogP contribution in [0.1, 0.15) is 57.2 Å². The first-order valence-electron chi connectivity index (χ1n) is 6.39. The average Bonchev–Trinajstić information content (AvgIpc) is 2.70. The van der Waals surface area contributed by atoms with Crippen LogP contribution in [-0.2, 0) is 13.0 Å². The van der Waals surface area contributed by atoms with E-state index in [0.717, 1.165) is 13.0 Å². The normalized spacial score (nSPS) is 11.2. The number of hydrogen-bond acceptors (Lipinski definition) is 3. The first kappa shape index (κ1) is 13.7. The Balaban J connectivity index is 2.22. The Morgan fingerprint density at radius 2 is 2.12 bits per heavy atom. The van der Waals surface area contributed by atoms with Gasteiger partial charge in [-0.2, -0.15) is 0 Å². The summed E-state index contributed by atoms with van der Waals surface area (Å²) in [5.41, 5.74) is 1.28. The lowest BCUT2D eigenvalue weighted by molar-refractivity contribution is 0.585. The Kier molecular flexibility index (Phi) is 6.65. The fourth-order valence-electron chi connectivity index (χ4n) is 1.57. The van der Waals surface area contributed by atoms with E-state index in [-0.39, 0.29) is 0 Å². The van der Waals surface area contributed by atoms with Gasteiger partial charge >= 0.3 is 0 Å². The molecule has 0 aromatic carbocycles. The van der Waals surface area contributed by atoms with Crippen LogP contribution in [0.5, 0.6) is 0 Å². The number of rotatable bonds is 8. The Morgan fingerprint density at radius 3 is 2.81 bits per heavy atom. The van der Waals surface area contributed by atoms with Gasteiger partial charge in [0.25, 0.3) is 0 Å². The van der Waals surface area contributed by atoms with Gasteiger partial charge in [-0.25, -0.2) is 4.98 Å². The van der Waals surface area contributed by atoms with Crippen LogP contribution in [0.2, 0.25) is 0 Å². The fourth-order valence-corrected chi connectivity index (χ4v) is 2.35. The van der Waals surface area contributed by atoms with Gasteiger partial charge in [-0.1, -0.05) is 40.0 Å². The summed E-state index contributed by atoms with van der Waals surface area (Å²) in [6.45, 7) is 7.49. The van der Waals surface area contributed by atoms with Crippen molar-refractivity contribution in [1.29, 1.82) is 0 Å². The minimum Gasteiger partial charge on any atom is -0.308 e. The van der Waals surface area contributed by atoms with Gasteiger partial charge in [0.2, 0.25) is 0 Å². The van der Waals surface area contributed by atoms with Crippen molar-refractivity contribution < 1.29 is 0 Å². The van der Waals surface area contributed by atoms with Crippen LogP contribution in [0, 0.1) is 0 Å². The lowest BCUT2D eigenvalue weighted by Gasteiger charge is -2.04. The van der Waals surface area contributed by atoms with E-state index in [4.69, 9.17) is 0 Å². The van der Waals surface area contributed by atoms with Gasteiger partial charge in [-0.3, -0.25) is 0 Å². The zero-order valence-corrected chi connectivity index (χ0v) is 11.6. The fraction of sp³-hybridized carbons (Fsp3) is 0.769. The summed E-state index contributed by atoms with van der Waals surface area (Å²) < 4.78 is 0. The number of unbranched alkanes of at least 4 members (excludes halogenated alkanes) is 3. The standard InChI is InChI=1S/C13H24N2S/c1-4-5-6-7-8-12-10-16-13(15-12)9-14-11(2)3/h10-11,14H,4-9H2,1-3H3. The molecule has 0 aliphatic rings. The van der Waals surface area contributed by atoms with E-state index in [1.165, 1.54) is 36.4 Å². The first-order valence-corrected chi connectivity index (χ1v) is 7.27. The van der Waals surface area contributed by atoms with Crippen LogP contribution in [0.4, 0.5) is 0 Å². The molecule has 0 atom stereocenters. The van der Waals surface area contributed by atoms with Crippen molar-refractivity contribution in [3.63, 3.8) is 0 Å². The molecule has 0 aliphatic carbocycles. The molecule has 1 heterocycles. The van der Waals surface area contributed by atoms with Crippen molar-refractivity contribution in [1.82, 2.24) is 10.3 Å². The molecule has 0 spiro atoms. The second kappa shape index (κ2) is 7.80. The molecule has 16 heavy (non-hydrogen) atoms. The molecule has 0 amide bonds. The molecule has 0 bridgehead atoms. The Hall–Kier alpha value is -0.410. The largest absolute Gasteiger partial charge is 0.308 e. The molecular formula is C13H24N2S. The third-order valence-corrected chi connectivity index (χ3v) is 3.44. The van der Waals surface area contributed by atoms with E-state index in [2.05, 4.69) is 36.5 Å². The highest BCUT2D eigenvalue weighted by Gasteiger charge is 2.02. The summed E-state index contributed by atoms with van der Waals surface area (Å²) in [6.07, 6.45) is 6.44. The monoisotopic (exact) mass is 240 g/mol. The number of nitrogens with zero attached hydrogens (tertiary/aromatic N) is 1. The molecule has 0 saturated carbocycles. The van der Waals surface area contributed by atoms with Gasteiger partial charge in [0.15, 0.2) is 0 Å². The van der Waals surface area contributed by atoms with Crippen molar-refractivity contribution in [3.05, 3.63) is 16.1 Å². The highest BCUT2D eigenvalue weighted by molar-refractivity contribution is 7.09. The van der Waals surface area contributed by atoms with Crippen LogP contribution in [0.25, 0.3) is 0 Å². The topological polar surface area (TPSA) is 24.9 Å². The molecule has 2 nitrogen and oxygen atoms in total. The second-order valence-electron chi connectivity index (χ2n) is 4.58. The van der Waals surface area contributed by atoms with Gasteiger partial charge in [-0.15, -0.1) is 11.3 Å². The average molecular weight is 240 g/mol. The van der Waals surface area contributed by atoms with Gasteiger partial charge in [-0.05, 0) is 12.8 Å². The SMILES string of the molecule is CCCCCCc1csc(CNC(C)C)n1. The molecule has 3 heteroatoms. The summed E-state index contributed by atoms with van der Waals surface area (Å²) in [5, 5.41) is 6.83. The zero-order valence-electron chi connectivity index (χ0n) is 10.8. The van der Waals surface area contributed by atoms with E-state index in [9.17, 15) is 0 Å². The van der Waals surface area contributed by atoms with E-state index in [1.807, 2.05) is 0 Å². The van der Waals surface area contributed by atoms with Crippen molar-refractivity contribution in [2.45, 2.75) is 65.5 Å². The Bertz CT molecular complexity index is 281. The van der Waals surface area contributed by atoms with E-state index in [0.29, 0.717) is 6.04 Å². The van der Waals surface area contributed by atoms with Gasteiger partial charge in [0.05, 0.1) is 5.69 Å². The molecule has 0 fully saturated rings. The molecule has 0 saturated heterocycles. The summed E-state index contributed by atoms with van der Waals surface area (Å²) in [7, 11) is 0. The first-order chi connectivity index (χ1) is 7.72. The Labute approximate surface area is 103 Å². The number of aryl methyl sites for hydroxylation is 1. The second-order valence-corrected chi connectivity index (χ2v) is 5.52. The highest BCUT2D eigenvalue weighted by Crippen LogP contribution is 2.13. The van der Waals surface area contributed by atoms with Gasteiger partial charge in [0.1, 0.15) is 5.01 Å². The molecular weight excluding hydrogens is 216 g/mol. The van der Waals surface area contributed by atoms with Gasteiger partial charge in [0, 0.05) is 18.0 Å². The predicted molar refractivity (Wildman–Crippen MR) is 71.9 cm³/mol. The highest BCUT2D eigenvalue weighted by atomic mass is 32.1. The van der Waals surface area contributed by atoms with Crippen LogP contribution in [-0.4, -0.2) is 11.0 Å². The molecule has 1 aromatic rings. The molecule has 0 unspecified atom stereocenters. The van der Waals surface area contributed by atoms with Crippen molar-refractivity contribution in [2.24, 2.45) is 0 Å². The third kappa shape index (κ3) is 5.61. The minimum absolute atomic E-state index is 0.539. The van der Waals surface area contributed by atoms with Crippen molar-refractivity contribution in [2.75, 3.05) is 0 Å². The minimum atomic E-state index is 0.539.